The lowest BCUT2D eigenvalue weighted by atomic mass is 10.3. The molecule has 84 valence electrons. The Kier molecular flexibility index (Phi) is 5.62. The van der Waals surface area contributed by atoms with Gasteiger partial charge in [-0.1, -0.05) is 0 Å². The van der Waals surface area contributed by atoms with Gasteiger partial charge in [-0.2, -0.15) is 0 Å². The molecule has 0 aromatic heterocycles. The van der Waals surface area contributed by atoms with Crippen molar-refractivity contribution >= 4 is 10.8 Å². The van der Waals surface area contributed by atoms with E-state index in [4.69, 9.17) is 10.5 Å². The zero-order valence-corrected chi connectivity index (χ0v) is 9.59. The van der Waals surface area contributed by atoms with E-state index >= 15 is 0 Å². The van der Waals surface area contributed by atoms with E-state index in [1.807, 2.05) is 0 Å². The molecule has 2 unspecified atom stereocenters. The first-order chi connectivity index (χ1) is 6.72. The van der Waals surface area contributed by atoms with Crippen molar-refractivity contribution in [2.75, 3.05) is 44.8 Å². The first-order valence-corrected chi connectivity index (χ1v) is 6.56. The van der Waals surface area contributed by atoms with Gasteiger partial charge in [-0.05, 0) is 20.0 Å². The summed E-state index contributed by atoms with van der Waals surface area (Å²) in [6, 6.07) is 0. The van der Waals surface area contributed by atoms with E-state index in [0.717, 1.165) is 26.1 Å². The fraction of sp³-hybridized carbons (Fsp3) is 1.00. The number of hydrogen-bond acceptors (Lipinski definition) is 4. The van der Waals surface area contributed by atoms with Gasteiger partial charge in [0.25, 0.3) is 0 Å². The van der Waals surface area contributed by atoms with Gasteiger partial charge in [-0.15, -0.1) is 0 Å². The van der Waals surface area contributed by atoms with Crippen molar-refractivity contribution in [3.05, 3.63) is 0 Å². The van der Waals surface area contributed by atoms with Crippen LogP contribution in [0.1, 0.15) is 6.42 Å². The fourth-order valence-corrected chi connectivity index (χ4v) is 2.77. The summed E-state index contributed by atoms with van der Waals surface area (Å²) in [7, 11) is 1.30. The van der Waals surface area contributed by atoms with Crippen LogP contribution in [0.15, 0.2) is 0 Å². The molecule has 1 aliphatic heterocycles. The van der Waals surface area contributed by atoms with Crippen molar-refractivity contribution in [2.24, 2.45) is 5.73 Å². The minimum atomic E-state index is -0.764. The van der Waals surface area contributed by atoms with E-state index in [9.17, 15) is 4.21 Å². The Labute approximate surface area is 88.2 Å². The Hall–Kier alpha value is 0.0300. The Morgan fingerprint density at radius 2 is 2.43 bits per heavy atom. The van der Waals surface area contributed by atoms with E-state index in [2.05, 4.69) is 11.9 Å². The molecule has 0 radical (unpaired) electrons. The lowest BCUT2D eigenvalue weighted by Gasteiger charge is -2.29. The number of ether oxygens (including phenoxy) is 1. The molecule has 1 aliphatic rings. The quantitative estimate of drug-likeness (QED) is 0.673. The summed E-state index contributed by atoms with van der Waals surface area (Å²) in [5.74, 6) is 1.37. The Morgan fingerprint density at radius 1 is 1.64 bits per heavy atom. The number of likely N-dealkylation sites (N-methyl/N-ethyl adjacent to an activating group) is 1. The van der Waals surface area contributed by atoms with Gasteiger partial charge in [0.2, 0.25) is 0 Å². The third-order valence-corrected chi connectivity index (χ3v) is 3.78. The van der Waals surface area contributed by atoms with E-state index in [0.29, 0.717) is 18.1 Å². The van der Waals surface area contributed by atoms with Crippen LogP contribution in [0.5, 0.6) is 0 Å². The Bertz CT molecular complexity index is 190. The highest BCUT2D eigenvalue weighted by Gasteiger charge is 2.19. The van der Waals surface area contributed by atoms with Crippen LogP contribution in [0.3, 0.4) is 0 Å². The monoisotopic (exact) mass is 220 g/mol. The van der Waals surface area contributed by atoms with E-state index in [1.165, 1.54) is 0 Å². The predicted molar refractivity (Wildman–Crippen MR) is 58.8 cm³/mol. The molecule has 0 amide bonds. The Morgan fingerprint density at radius 3 is 3.07 bits per heavy atom. The smallest absolute Gasteiger partial charge is 0.0817 e. The summed E-state index contributed by atoms with van der Waals surface area (Å²) >= 11 is 0. The first-order valence-electron chi connectivity index (χ1n) is 5.07. The summed E-state index contributed by atoms with van der Waals surface area (Å²) < 4.78 is 17.1. The molecule has 2 N–H and O–H groups in total. The highest BCUT2D eigenvalue weighted by atomic mass is 32.2. The van der Waals surface area contributed by atoms with Gasteiger partial charge in [0, 0.05) is 29.6 Å². The number of hydrogen-bond donors (Lipinski definition) is 1. The summed E-state index contributed by atoms with van der Waals surface area (Å²) in [5.41, 5.74) is 5.36. The van der Waals surface area contributed by atoms with Gasteiger partial charge in [0.15, 0.2) is 0 Å². The van der Waals surface area contributed by atoms with Gasteiger partial charge in [-0.25, -0.2) is 0 Å². The maximum absolute atomic E-state index is 11.5. The highest BCUT2D eigenvalue weighted by Crippen LogP contribution is 2.04. The van der Waals surface area contributed by atoms with E-state index in [-0.39, 0.29) is 6.10 Å². The maximum Gasteiger partial charge on any atom is 0.0817 e. The standard InChI is InChI=1S/C9H20N2O2S/c1-11-4-5-13-9(7-11)8-14(12)6-2-3-10/h9H,2-8,10H2,1H3. The molecule has 1 fully saturated rings. The van der Waals surface area contributed by atoms with Crippen LogP contribution < -0.4 is 5.73 Å². The summed E-state index contributed by atoms with van der Waals surface area (Å²) in [4.78, 5) is 2.22. The largest absolute Gasteiger partial charge is 0.375 e. The number of nitrogens with zero attached hydrogens (tertiary/aromatic N) is 1. The molecule has 0 aromatic carbocycles. The molecule has 0 saturated carbocycles. The van der Waals surface area contributed by atoms with Crippen molar-refractivity contribution in [1.82, 2.24) is 4.90 Å². The molecular formula is C9H20N2O2S. The summed E-state index contributed by atoms with van der Waals surface area (Å²) in [5, 5.41) is 0. The van der Waals surface area contributed by atoms with Crippen molar-refractivity contribution in [2.45, 2.75) is 12.5 Å². The molecule has 5 heteroatoms. The second kappa shape index (κ2) is 6.50. The SMILES string of the molecule is CN1CCOC(CS(=O)CCCN)C1. The first kappa shape index (κ1) is 12.1. The third kappa shape index (κ3) is 4.50. The molecule has 0 aromatic rings. The average molecular weight is 220 g/mol. The van der Waals surface area contributed by atoms with E-state index < -0.39 is 10.8 Å². The van der Waals surface area contributed by atoms with Gasteiger partial charge in [0.05, 0.1) is 18.5 Å². The van der Waals surface area contributed by atoms with Crippen LogP contribution in [0, 0.1) is 0 Å². The van der Waals surface area contributed by atoms with Gasteiger partial charge in [0.1, 0.15) is 0 Å². The maximum atomic E-state index is 11.5. The van der Waals surface area contributed by atoms with E-state index in [1.54, 1.807) is 0 Å². The molecule has 0 spiro atoms. The molecule has 1 rings (SSSR count). The van der Waals surface area contributed by atoms with Crippen LogP contribution in [-0.2, 0) is 15.5 Å². The van der Waals surface area contributed by atoms with Crippen LogP contribution in [0.2, 0.25) is 0 Å². The van der Waals surface area contributed by atoms with Crippen molar-refractivity contribution in [3.8, 4) is 0 Å². The van der Waals surface area contributed by atoms with Crippen LogP contribution >= 0.6 is 0 Å². The minimum Gasteiger partial charge on any atom is -0.375 e. The van der Waals surface area contributed by atoms with Gasteiger partial charge >= 0.3 is 0 Å². The van der Waals surface area contributed by atoms with Crippen LogP contribution in [0.25, 0.3) is 0 Å². The van der Waals surface area contributed by atoms with Crippen molar-refractivity contribution in [1.29, 1.82) is 0 Å². The zero-order valence-electron chi connectivity index (χ0n) is 8.78. The zero-order chi connectivity index (χ0) is 10.4. The molecule has 14 heavy (non-hydrogen) atoms. The van der Waals surface area contributed by atoms with Crippen LogP contribution in [-0.4, -0.2) is 60.0 Å². The normalized spacial score (nSPS) is 26.3. The third-order valence-electron chi connectivity index (χ3n) is 2.29. The molecular weight excluding hydrogens is 200 g/mol. The van der Waals surface area contributed by atoms with Crippen molar-refractivity contribution < 1.29 is 8.95 Å². The minimum absolute atomic E-state index is 0.146. The summed E-state index contributed by atoms with van der Waals surface area (Å²) in [6.45, 7) is 3.26. The predicted octanol–water partition coefficient (Wildman–Crippen LogP) is -0.585. The van der Waals surface area contributed by atoms with Gasteiger partial charge in [-0.3, -0.25) is 4.21 Å². The molecule has 0 bridgehead atoms. The highest BCUT2D eigenvalue weighted by molar-refractivity contribution is 7.85. The van der Waals surface area contributed by atoms with Gasteiger partial charge < -0.3 is 15.4 Å². The molecule has 4 nitrogen and oxygen atoms in total. The molecule has 0 aliphatic carbocycles. The molecule has 1 heterocycles. The molecule has 1 saturated heterocycles. The average Bonchev–Trinajstić information content (AvgIpc) is 2.15. The number of nitrogens with two attached hydrogens (primary N) is 1. The lowest BCUT2D eigenvalue weighted by Crippen LogP contribution is -2.42. The number of rotatable bonds is 5. The second-order valence-corrected chi connectivity index (χ2v) is 5.33. The Balaban J connectivity index is 2.18. The topological polar surface area (TPSA) is 55.6 Å². The fourth-order valence-electron chi connectivity index (χ4n) is 1.50. The number of morpholine rings is 1. The van der Waals surface area contributed by atoms with Crippen LogP contribution in [0.4, 0.5) is 0 Å². The lowest BCUT2D eigenvalue weighted by molar-refractivity contribution is -0.00640. The summed E-state index contributed by atoms with van der Waals surface area (Å²) in [6.07, 6.45) is 0.988. The molecule has 2 atom stereocenters. The van der Waals surface area contributed by atoms with Crippen molar-refractivity contribution in [3.63, 3.8) is 0 Å². The second-order valence-electron chi connectivity index (χ2n) is 3.71.